The molecule has 0 aromatic carbocycles. The summed E-state index contributed by atoms with van der Waals surface area (Å²) in [6.07, 6.45) is 9.55. The van der Waals surface area contributed by atoms with Gasteiger partial charge >= 0.3 is 0 Å². The number of nitrogens with one attached hydrogen (secondary N) is 3. The van der Waals surface area contributed by atoms with Crippen LogP contribution in [-0.2, 0) is 0 Å². The summed E-state index contributed by atoms with van der Waals surface area (Å²) in [6, 6.07) is 1.82. The van der Waals surface area contributed by atoms with E-state index in [2.05, 4.69) is 30.6 Å². The molecule has 1 fully saturated rings. The molecular formula is C19H23F2N7O. The van der Waals surface area contributed by atoms with Crippen LogP contribution in [0.1, 0.15) is 43.1 Å². The molecule has 0 atom stereocenters. The van der Waals surface area contributed by atoms with Gasteiger partial charge in [-0.05, 0) is 31.7 Å². The predicted octanol–water partition coefficient (Wildman–Crippen LogP) is 2.43. The van der Waals surface area contributed by atoms with Crippen LogP contribution < -0.4 is 10.6 Å². The Labute approximate surface area is 166 Å². The number of imidazole rings is 1. The van der Waals surface area contributed by atoms with E-state index in [1.165, 1.54) is 0 Å². The summed E-state index contributed by atoms with van der Waals surface area (Å²) in [7, 11) is 0. The Bertz CT molecular complexity index is 972. The molecule has 0 aliphatic heterocycles. The van der Waals surface area contributed by atoms with Crippen molar-refractivity contribution in [2.24, 2.45) is 0 Å². The number of carbonyl (C=O) groups is 1. The predicted molar refractivity (Wildman–Crippen MR) is 103 cm³/mol. The summed E-state index contributed by atoms with van der Waals surface area (Å²) in [5, 5.41) is 5.95. The fourth-order valence-corrected chi connectivity index (χ4v) is 3.61. The highest BCUT2D eigenvalue weighted by atomic mass is 19.3. The number of alkyl halides is 2. The van der Waals surface area contributed by atoms with Crippen LogP contribution in [0.25, 0.3) is 17.0 Å². The smallest absolute Gasteiger partial charge is 0.272 e. The maximum Gasteiger partial charge on any atom is 0.272 e. The third kappa shape index (κ3) is 4.58. The molecule has 3 heterocycles. The lowest BCUT2D eigenvalue weighted by atomic mass is 9.91. The van der Waals surface area contributed by atoms with Gasteiger partial charge in [-0.25, -0.2) is 23.7 Å². The van der Waals surface area contributed by atoms with Crippen LogP contribution in [0, 0.1) is 0 Å². The number of aromatic amines is 1. The van der Waals surface area contributed by atoms with E-state index in [-0.39, 0.29) is 30.2 Å². The maximum atomic E-state index is 13.0. The van der Waals surface area contributed by atoms with Gasteiger partial charge in [-0.3, -0.25) is 9.36 Å². The molecule has 3 aromatic heterocycles. The third-order valence-corrected chi connectivity index (χ3v) is 5.11. The molecule has 0 bridgehead atoms. The summed E-state index contributed by atoms with van der Waals surface area (Å²) in [4.78, 5) is 28.8. The number of carbonyl (C=O) groups excluding carboxylic acids is 1. The lowest BCUT2D eigenvalue weighted by Crippen LogP contribution is -2.44. The van der Waals surface area contributed by atoms with E-state index in [0.717, 1.165) is 32.6 Å². The van der Waals surface area contributed by atoms with Gasteiger partial charge in [-0.2, -0.15) is 0 Å². The molecule has 1 aliphatic rings. The van der Waals surface area contributed by atoms with Crippen molar-refractivity contribution >= 4 is 16.9 Å². The number of amides is 1. The third-order valence-electron chi connectivity index (χ3n) is 5.11. The number of nitrogens with zero attached hydrogens (tertiary/aromatic N) is 4. The van der Waals surface area contributed by atoms with Crippen molar-refractivity contribution in [2.45, 2.75) is 50.6 Å². The second-order valence-corrected chi connectivity index (χ2v) is 7.55. The Morgan fingerprint density at radius 2 is 2.03 bits per heavy atom. The summed E-state index contributed by atoms with van der Waals surface area (Å²) in [5.74, 6) is -2.63. The highest BCUT2D eigenvalue weighted by molar-refractivity contribution is 6.03. The van der Waals surface area contributed by atoms with Gasteiger partial charge in [0, 0.05) is 37.6 Å². The average molecular weight is 403 g/mol. The second kappa shape index (κ2) is 7.86. The van der Waals surface area contributed by atoms with Crippen LogP contribution >= 0.6 is 0 Å². The summed E-state index contributed by atoms with van der Waals surface area (Å²) in [5.41, 5.74) is 1.49. The normalized spacial score (nSPS) is 20.1. The van der Waals surface area contributed by atoms with Gasteiger partial charge < -0.3 is 15.6 Å². The van der Waals surface area contributed by atoms with Gasteiger partial charge in [0.05, 0.1) is 17.6 Å². The van der Waals surface area contributed by atoms with Crippen LogP contribution in [-0.4, -0.2) is 55.0 Å². The van der Waals surface area contributed by atoms with Crippen molar-refractivity contribution in [3.63, 3.8) is 0 Å². The van der Waals surface area contributed by atoms with Crippen LogP contribution in [0.5, 0.6) is 0 Å². The Hall–Kier alpha value is -2.88. The Morgan fingerprint density at radius 1 is 1.28 bits per heavy atom. The lowest BCUT2D eigenvalue weighted by Gasteiger charge is -2.30. The maximum absolute atomic E-state index is 13.0. The summed E-state index contributed by atoms with van der Waals surface area (Å²) >= 11 is 0. The van der Waals surface area contributed by atoms with Gasteiger partial charge in [-0.15, -0.1) is 0 Å². The van der Waals surface area contributed by atoms with Crippen molar-refractivity contribution < 1.29 is 13.6 Å². The quantitative estimate of drug-likeness (QED) is 0.587. The topological polar surface area (TPSA) is 101 Å². The van der Waals surface area contributed by atoms with Gasteiger partial charge in [0.2, 0.25) is 5.95 Å². The second-order valence-electron chi connectivity index (χ2n) is 7.55. The zero-order chi connectivity index (χ0) is 20.4. The fourth-order valence-electron chi connectivity index (χ4n) is 3.61. The first-order valence-corrected chi connectivity index (χ1v) is 9.64. The number of aromatic nitrogens is 5. The molecule has 154 valence electrons. The van der Waals surface area contributed by atoms with Crippen LogP contribution in [0.3, 0.4) is 0 Å². The molecule has 8 nitrogen and oxygen atoms in total. The molecule has 0 spiro atoms. The molecule has 3 N–H and O–H groups in total. The number of H-pyrrole nitrogens is 1. The van der Waals surface area contributed by atoms with Crippen LogP contribution in [0.15, 0.2) is 31.0 Å². The molecule has 4 rings (SSSR count). The Morgan fingerprint density at radius 3 is 2.72 bits per heavy atom. The van der Waals surface area contributed by atoms with E-state index >= 15 is 0 Å². The van der Waals surface area contributed by atoms with E-state index in [0.29, 0.717) is 17.0 Å². The molecule has 0 unspecified atom stereocenters. The van der Waals surface area contributed by atoms with Gasteiger partial charge in [0.15, 0.2) is 5.69 Å². The van der Waals surface area contributed by atoms with Gasteiger partial charge in [-0.1, -0.05) is 0 Å². The largest absolute Gasteiger partial charge is 0.358 e. The monoisotopic (exact) mass is 403 g/mol. The highest BCUT2D eigenvalue weighted by Gasteiger charge is 2.27. The lowest BCUT2D eigenvalue weighted by molar-refractivity contribution is 0.0184. The zero-order valence-electron chi connectivity index (χ0n) is 16.0. The number of hydrogen-bond acceptors (Lipinski definition) is 5. The first kappa shape index (κ1) is 19.4. The van der Waals surface area contributed by atoms with Gasteiger partial charge in [0.25, 0.3) is 11.8 Å². The first-order chi connectivity index (χ1) is 13.9. The Balaban J connectivity index is 1.43. The zero-order valence-corrected chi connectivity index (χ0v) is 16.0. The van der Waals surface area contributed by atoms with E-state index in [4.69, 9.17) is 0 Å². The minimum atomic E-state index is -2.72. The fraction of sp³-hybridized carbons (Fsp3) is 0.474. The van der Waals surface area contributed by atoms with E-state index in [1.54, 1.807) is 35.6 Å². The minimum Gasteiger partial charge on any atom is -0.358 e. The molecule has 1 saturated carbocycles. The van der Waals surface area contributed by atoms with Crippen LogP contribution in [0.2, 0.25) is 0 Å². The Kier molecular flexibility index (Phi) is 5.27. The SMILES string of the molecule is CC(F)(F)CNC1CCC(NC(=O)c2nc(-n3ccnc3)nc3cc[nH]c23)CC1. The summed E-state index contributed by atoms with van der Waals surface area (Å²) in [6.45, 7) is 0.588. The van der Waals surface area contributed by atoms with Crippen molar-refractivity contribution in [1.29, 1.82) is 0 Å². The standard InChI is InChI=1S/C19H23F2N7O/c1-19(20,21)10-24-12-2-4-13(5-3-12)25-17(29)16-15-14(6-7-23-15)26-18(27-16)28-9-8-22-11-28/h6-9,11-13,23-24H,2-5,10H2,1H3,(H,25,29). The average Bonchev–Trinajstić information content (AvgIpc) is 3.37. The van der Waals surface area contributed by atoms with Crippen molar-refractivity contribution in [2.75, 3.05) is 6.54 Å². The van der Waals surface area contributed by atoms with E-state index in [1.807, 2.05) is 0 Å². The first-order valence-electron chi connectivity index (χ1n) is 9.64. The van der Waals surface area contributed by atoms with Crippen molar-refractivity contribution in [1.82, 2.24) is 35.1 Å². The van der Waals surface area contributed by atoms with E-state index < -0.39 is 5.92 Å². The van der Waals surface area contributed by atoms with E-state index in [9.17, 15) is 13.6 Å². The molecule has 1 amide bonds. The van der Waals surface area contributed by atoms with Crippen molar-refractivity contribution in [3.8, 4) is 5.95 Å². The number of halogens is 2. The van der Waals surface area contributed by atoms with Crippen LogP contribution in [0.4, 0.5) is 8.78 Å². The minimum absolute atomic E-state index is 0.0145. The molecular weight excluding hydrogens is 380 g/mol. The highest BCUT2D eigenvalue weighted by Crippen LogP contribution is 2.21. The molecule has 29 heavy (non-hydrogen) atoms. The number of rotatable bonds is 6. The molecule has 0 radical (unpaired) electrons. The summed E-state index contributed by atoms with van der Waals surface area (Å²) < 4.78 is 27.7. The molecule has 3 aromatic rings. The number of fused-ring (bicyclic) bond motifs is 1. The molecule has 10 heteroatoms. The molecule has 0 saturated heterocycles. The number of hydrogen-bond donors (Lipinski definition) is 3. The van der Waals surface area contributed by atoms with Crippen molar-refractivity contribution in [3.05, 3.63) is 36.7 Å². The molecule has 1 aliphatic carbocycles. The van der Waals surface area contributed by atoms with Gasteiger partial charge in [0.1, 0.15) is 6.33 Å².